The summed E-state index contributed by atoms with van der Waals surface area (Å²) in [5.74, 6) is 0.0422. The minimum Gasteiger partial charge on any atom is -0.355 e. The van der Waals surface area contributed by atoms with E-state index in [1.807, 2.05) is 19.2 Å². The maximum Gasteiger partial charge on any atom is 0.251 e. The Balaban J connectivity index is 1.63. The Kier molecular flexibility index (Phi) is 5.13. The fraction of sp³-hybridized carbons (Fsp3) is 0.300. The molecule has 4 nitrogen and oxygen atoms in total. The number of carbonyl (C=O) groups is 2. The van der Waals surface area contributed by atoms with Gasteiger partial charge >= 0.3 is 0 Å². The number of aryl methyl sites for hydroxylation is 1. The highest BCUT2D eigenvalue weighted by molar-refractivity contribution is 8.01. The Morgan fingerprint density at radius 3 is 2.60 bits per heavy atom. The molecule has 1 N–H and O–H groups in total. The number of hydrogen-bond donors (Lipinski definition) is 1. The standard InChI is InChI=1S/C20H22N2O2S/c1-13-4-7-16-11-18(25-17(16)10-13)20(24)22(3)12-14-5-8-15(9-6-14)19(23)21-2/h4-10,18H,11-12H2,1-3H3,(H,21,23). The third-order valence-corrected chi connectivity index (χ3v) is 5.70. The number of benzene rings is 2. The van der Waals surface area contributed by atoms with Gasteiger partial charge in [-0.15, -0.1) is 11.8 Å². The molecular weight excluding hydrogens is 332 g/mol. The van der Waals surface area contributed by atoms with Crippen molar-refractivity contribution in [2.24, 2.45) is 0 Å². The Morgan fingerprint density at radius 1 is 1.20 bits per heavy atom. The van der Waals surface area contributed by atoms with Crippen LogP contribution in [0.4, 0.5) is 0 Å². The van der Waals surface area contributed by atoms with Gasteiger partial charge in [-0.2, -0.15) is 0 Å². The summed E-state index contributed by atoms with van der Waals surface area (Å²) < 4.78 is 0. The van der Waals surface area contributed by atoms with E-state index in [4.69, 9.17) is 0 Å². The second-order valence-electron chi connectivity index (χ2n) is 6.39. The van der Waals surface area contributed by atoms with Gasteiger partial charge in [0.15, 0.2) is 0 Å². The smallest absolute Gasteiger partial charge is 0.251 e. The molecule has 0 saturated carbocycles. The van der Waals surface area contributed by atoms with Crippen molar-refractivity contribution in [3.05, 3.63) is 64.7 Å². The van der Waals surface area contributed by atoms with Gasteiger partial charge in [0.2, 0.25) is 5.91 Å². The SMILES string of the molecule is CNC(=O)c1ccc(CN(C)C(=O)C2Cc3ccc(C)cc3S2)cc1. The van der Waals surface area contributed by atoms with Gasteiger partial charge in [-0.05, 0) is 42.7 Å². The monoisotopic (exact) mass is 354 g/mol. The molecule has 0 spiro atoms. The van der Waals surface area contributed by atoms with Crippen LogP contribution in [0.3, 0.4) is 0 Å². The van der Waals surface area contributed by atoms with Gasteiger partial charge in [-0.3, -0.25) is 9.59 Å². The molecule has 5 heteroatoms. The third-order valence-electron chi connectivity index (χ3n) is 4.41. The van der Waals surface area contributed by atoms with Crippen molar-refractivity contribution >= 4 is 23.6 Å². The molecule has 2 aromatic carbocycles. The number of hydrogen-bond acceptors (Lipinski definition) is 3. The lowest BCUT2D eigenvalue weighted by atomic mass is 10.1. The zero-order valence-corrected chi connectivity index (χ0v) is 15.5. The van der Waals surface area contributed by atoms with E-state index in [0.717, 1.165) is 12.0 Å². The van der Waals surface area contributed by atoms with Crippen LogP contribution in [0.2, 0.25) is 0 Å². The number of thioether (sulfide) groups is 1. The summed E-state index contributed by atoms with van der Waals surface area (Å²) in [6.45, 7) is 2.61. The van der Waals surface area contributed by atoms with E-state index >= 15 is 0 Å². The van der Waals surface area contributed by atoms with Crippen LogP contribution in [0.25, 0.3) is 0 Å². The fourth-order valence-electron chi connectivity index (χ4n) is 2.98. The number of carbonyl (C=O) groups excluding carboxylic acids is 2. The Hall–Kier alpha value is -2.27. The summed E-state index contributed by atoms with van der Waals surface area (Å²) >= 11 is 1.66. The largest absolute Gasteiger partial charge is 0.355 e. The zero-order valence-electron chi connectivity index (χ0n) is 14.7. The van der Waals surface area contributed by atoms with E-state index in [0.29, 0.717) is 12.1 Å². The molecule has 1 aliphatic rings. The van der Waals surface area contributed by atoms with Crippen LogP contribution in [0.5, 0.6) is 0 Å². The van der Waals surface area contributed by atoms with Crippen LogP contribution in [-0.2, 0) is 17.8 Å². The number of nitrogens with one attached hydrogen (secondary N) is 1. The van der Waals surface area contributed by atoms with Crippen molar-refractivity contribution in [3.63, 3.8) is 0 Å². The zero-order chi connectivity index (χ0) is 18.0. The average molecular weight is 354 g/mol. The van der Waals surface area contributed by atoms with E-state index in [2.05, 4.69) is 30.4 Å². The molecule has 3 rings (SSSR count). The highest BCUT2D eigenvalue weighted by Crippen LogP contribution is 2.38. The molecule has 2 amide bonds. The van der Waals surface area contributed by atoms with Crippen LogP contribution in [0.1, 0.15) is 27.0 Å². The van der Waals surface area contributed by atoms with Crippen LogP contribution in [0, 0.1) is 6.92 Å². The molecule has 1 unspecified atom stereocenters. The Labute approximate surface area is 152 Å². The molecular formula is C20H22N2O2S. The number of amides is 2. The van der Waals surface area contributed by atoms with Gasteiger partial charge < -0.3 is 10.2 Å². The lowest BCUT2D eigenvalue weighted by Gasteiger charge is -2.20. The minimum atomic E-state index is -0.105. The van der Waals surface area contributed by atoms with Crippen molar-refractivity contribution in [1.29, 1.82) is 0 Å². The molecule has 0 fully saturated rings. The van der Waals surface area contributed by atoms with Gasteiger partial charge in [0, 0.05) is 31.1 Å². The van der Waals surface area contributed by atoms with Crippen LogP contribution in [0.15, 0.2) is 47.4 Å². The van der Waals surface area contributed by atoms with Crippen molar-refractivity contribution in [2.75, 3.05) is 14.1 Å². The summed E-state index contributed by atoms with van der Waals surface area (Å²) in [7, 11) is 3.45. The quantitative estimate of drug-likeness (QED) is 0.918. The van der Waals surface area contributed by atoms with Crippen molar-refractivity contribution in [3.8, 4) is 0 Å². The van der Waals surface area contributed by atoms with E-state index in [-0.39, 0.29) is 17.1 Å². The van der Waals surface area contributed by atoms with Crippen LogP contribution >= 0.6 is 11.8 Å². The molecule has 0 saturated heterocycles. The molecule has 130 valence electrons. The highest BCUT2D eigenvalue weighted by Gasteiger charge is 2.30. The van der Waals surface area contributed by atoms with E-state index in [9.17, 15) is 9.59 Å². The third kappa shape index (κ3) is 3.87. The fourth-order valence-corrected chi connectivity index (χ4v) is 4.38. The first-order chi connectivity index (χ1) is 12.0. The molecule has 0 radical (unpaired) electrons. The highest BCUT2D eigenvalue weighted by atomic mass is 32.2. The molecule has 0 bridgehead atoms. The van der Waals surface area contributed by atoms with Gasteiger partial charge in [0.05, 0.1) is 5.25 Å². The van der Waals surface area contributed by atoms with Crippen molar-refractivity contribution in [2.45, 2.75) is 30.0 Å². The van der Waals surface area contributed by atoms with Gasteiger partial charge in [0.1, 0.15) is 0 Å². The van der Waals surface area contributed by atoms with Gasteiger partial charge in [-0.1, -0.05) is 29.8 Å². The summed E-state index contributed by atoms with van der Waals surface area (Å²) in [5, 5.41) is 2.55. The van der Waals surface area contributed by atoms with Crippen molar-refractivity contribution < 1.29 is 9.59 Å². The first kappa shape index (κ1) is 17.5. The molecule has 1 atom stereocenters. The topological polar surface area (TPSA) is 49.4 Å². The molecule has 0 aliphatic carbocycles. The second kappa shape index (κ2) is 7.31. The minimum absolute atomic E-state index is 0.0491. The lowest BCUT2D eigenvalue weighted by Crippen LogP contribution is -2.34. The second-order valence-corrected chi connectivity index (χ2v) is 7.64. The maximum absolute atomic E-state index is 12.8. The maximum atomic E-state index is 12.8. The number of nitrogens with zero attached hydrogens (tertiary/aromatic N) is 1. The van der Waals surface area contributed by atoms with Crippen molar-refractivity contribution in [1.82, 2.24) is 10.2 Å². The van der Waals surface area contributed by atoms with Gasteiger partial charge in [0.25, 0.3) is 5.91 Å². The van der Waals surface area contributed by atoms with Crippen LogP contribution < -0.4 is 5.32 Å². The Bertz CT molecular complexity index is 802. The van der Waals surface area contributed by atoms with Gasteiger partial charge in [-0.25, -0.2) is 0 Å². The molecule has 1 heterocycles. The molecule has 2 aromatic rings. The van der Waals surface area contributed by atoms with E-state index in [1.165, 1.54) is 16.0 Å². The predicted octanol–water partition coefficient (Wildman–Crippen LogP) is 3.03. The van der Waals surface area contributed by atoms with E-state index in [1.54, 1.807) is 35.8 Å². The average Bonchev–Trinajstić information content (AvgIpc) is 3.04. The molecule has 1 aliphatic heterocycles. The summed E-state index contributed by atoms with van der Waals surface area (Å²) in [5.41, 5.74) is 4.12. The summed E-state index contributed by atoms with van der Waals surface area (Å²) in [4.78, 5) is 27.3. The number of fused-ring (bicyclic) bond motifs is 1. The summed E-state index contributed by atoms with van der Waals surface area (Å²) in [6.07, 6.45) is 0.791. The lowest BCUT2D eigenvalue weighted by molar-refractivity contribution is -0.129. The molecule has 0 aromatic heterocycles. The van der Waals surface area contributed by atoms with Crippen LogP contribution in [-0.4, -0.2) is 36.1 Å². The number of rotatable bonds is 4. The van der Waals surface area contributed by atoms with E-state index < -0.39 is 0 Å². The first-order valence-corrected chi connectivity index (χ1v) is 9.18. The summed E-state index contributed by atoms with van der Waals surface area (Å²) in [6, 6.07) is 13.8. The first-order valence-electron chi connectivity index (χ1n) is 8.30. The Morgan fingerprint density at radius 2 is 1.92 bits per heavy atom. The molecule has 25 heavy (non-hydrogen) atoms. The normalized spacial score (nSPS) is 15.6. The predicted molar refractivity (Wildman–Crippen MR) is 101 cm³/mol.